The first-order valence-corrected chi connectivity index (χ1v) is 11.5. The molecule has 0 bridgehead atoms. The number of fused-ring (bicyclic) bond motifs is 1. The lowest BCUT2D eigenvalue weighted by Crippen LogP contribution is -2.48. The topological polar surface area (TPSA) is 136 Å². The van der Waals surface area contributed by atoms with Crippen molar-refractivity contribution in [2.24, 2.45) is 11.8 Å². The van der Waals surface area contributed by atoms with Gasteiger partial charge in [-0.25, -0.2) is 4.79 Å². The maximum absolute atomic E-state index is 13.1. The molecule has 2 aromatic carbocycles. The van der Waals surface area contributed by atoms with Crippen LogP contribution in [0.5, 0.6) is 0 Å². The Morgan fingerprint density at radius 2 is 1.72 bits per heavy atom. The van der Waals surface area contributed by atoms with Gasteiger partial charge in [-0.05, 0) is 31.4 Å². The highest BCUT2D eigenvalue weighted by atomic mass is 16.6. The summed E-state index contributed by atoms with van der Waals surface area (Å²) in [4.78, 5) is 63.3. The zero-order valence-electron chi connectivity index (χ0n) is 19.6. The third kappa shape index (κ3) is 5.17. The number of nitrogens with zero attached hydrogens (tertiary/aromatic N) is 2. The SMILES string of the molecule is Cc1ccc(NC(=O)COC(=O)[C@H](Cc2ccccc2)N2C(=O)[C@H]3CC=CC[C@@H]3C2=O)cc1[N+](=O)[O-]. The normalized spacial score (nSPS) is 19.5. The van der Waals surface area contributed by atoms with Crippen molar-refractivity contribution in [3.8, 4) is 0 Å². The fourth-order valence-electron chi connectivity index (χ4n) is 4.56. The van der Waals surface area contributed by atoms with Crippen LogP contribution in [0, 0.1) is 28.9 Å². The number of hydrogen-bond acceptors (Lipinski definition) is 7. The van der Waals surface area contributed by atoms with Gasteiger partial charge in [-0.2, -0.15) is 0 Å². The number of likely N-dealkylation sites (tertiary alicyclic amines) is 1. The third-order valence-electron chi connectivity index (χ3n) is 6.43. The maximum atomic E-state index is 13.1. The first kappa shape index (κ1) is 24.8. The third-order valence-corrected chi connectivity index (χ3v) is 6.43. The predicted molar refractivity (Wildman–Crippen MR) is 129 cm³/mol. The van der Waals surface area contributed by atoms with E-state index in [1.165, 1.54) is 18.2 Å². The lowest BCUT2D eigenvalue weighted by atomic mass is 9.85. The number of carbonyl (C=O) groups is 4. The number of nitro groups is 1. The summed E-state index contributed by atoms with van der Waals surface area (Å²) in [7, 11) is 0. The van der Waals surface area contributed by atoms with E-state index < -0.39 is 53.1 Å². The summed E-state index contributed by atoms with van der Waals surface area (Å²) >= 11 is 0. The Morgan fingerprint density at radius 3 is 2.33 bits per heavy atom. The van der Waals surface area contributed by atoms with Crippen molar-refractivity contribution in [2.75, 3.05) is 11.9 Å². The molecule has 36 heavy (non-hydrogen) atoms. The van der Waals surface area contributed by atoms with E-state index in [9.17, 15) is 29.3 Å². The van der Waals surface area contributed by atoms with Gasteiger partial charge in [0.15, 0.2) is 6.61 Å². The lowest BCUT2D eigenvalue weighted by molar-refractivity contribution is -0.385. The summed E-state index contributed by atoms with van der Waals surface area (Å²) in [6.07, 6.45) is 4.64. The number of aryl methyl sites for hydroxylation is 1. The van der Waals surface area contributed by atoms with E-state index in [1.807, 2.05) is 18.2 Å². The number of benzene rings is 2. The van der Waals surface area contributed by atoms with E-state index in [2.05, 4.69) is 5.32 Å². The summed E-state index contributed by atoms with van der Waals surface area (Å²) in [6.45, 7) is 0.891. The summed E-state index contributed by atoms with van der Waals surface area (Å²) < 4.78 is 5.23. The van der Waals surface area contributed by atoms with Gasteiger partial charge < -0.3 is 10.1 Å². The average molecular weight is 492 g/mol. The van der Waals surface area contributed by atoms with Crippen molar-refractivity contribution in [2.45, 2.75) is 32.2 Å². The highest BCUT2D eigenvalue weighted by Gasteiger charge is 2.51. The van der Waals surface area contributed by atoms with Gasteiger partial charge >= 0.3 is 5.97 Å². The van der Waals surface area contributed by atoms with E-state index in [1.54, 1.807) is 31.2 Å². The molecule has 1 heterocycles. The van der Waals surface area contributed by atoms with Gasteiger partial charge in [0.25, 0.3) is 11.6 Å². The molecule has 2 aromatic rings. The molecule has 0 radical (unpaired) electrons. The minimum absolute atomic E-state index is 0.0514. The Labute approximate surface area is 207 Å². The minimum Gasteiger partial charge on any atom is -0.454 e. The molecule has 1 saturated heterocycles. The molecule has 3 atom stereocenters. The summed E-state index contributed by atoms with van der Waals surface area (Å²) in [5.74, 6) is -3.43. The average Bonchev–Trinajstić information content (AvgIpc) is 3.12. The molecule has 0 spiro atoms. The number of allylic oxidation sites excluding steroid dienone is 2. The summed E-state index contributed by atoms with van der Waals surface area (Å²) in [6, 6.07) is 11.9. The molecule has 1 fully saturated rings. The minimum atomic E-state index is -1.22. The van der Waals surface area contributed by atoms with Crippen molar-refractivity contribution >= 4 is 35.1 Å². The summed E-state index contributed by atoms with van der Waals surface area (Å²) in [5.41, 5.74) is 1.18. The Bertz CT molecular complexity index is 1220. The number of esters is 1. The van der Waals surface area contributed by atoms with Crippen molar-refractivity contribution in [3.63, 3.8) is 0 Å². The Morgan fingerprint density at radius 1 is 1.08 bits per heavy atom. The molecule has 3 amide bonds. The van der Waals surface area contributed by atoms with Crippen molar-refractivity contribution in [3.05, 3.63) is 81.9 Å². The second-order valence-electron chi connectivity index (χ2n) is 8.82. The van der Waals surface area contributed by atoms with Crippen LogP contribution in [0.25, 0.3) is 0 Å². The quantitative estimate of drug-likeness (QED) is 0.197. The molecule has 1 aliphatic heterocycles. The second-order valence-corrected chi connectivity index (χ2v) is 8.82. The molecule has 0 saturated carbocycles. The number of rotatable bonds is 8. The van der Waals surface area contributed by atoms with Crippen LogP contribution >= 0.6 is 0 Å². The number of ether oxygens (including phenoxy) is 1. The maximum Gasteiger partial charge on any atom is 0.330 e. The smallest absolute Gasteiger partial charge is 0.330 e. The highest BCUT2D eigenvalue weighted by molar-refractivity contribution is 6.08. The fraction of sp³-hybridized carbons (Fsp3) is 0.308. The van der Waals surface area contributed by atoms with E-state index in [0.717, 1.165) is 10.5 Å². The monoisotopic (exact) mass is 491 g/mol. The van der Waals surface area contributed by atoms with Gasteiger partial charge in [0.05, 0.1) is 16.8 Å². The van der Waals surface area contributed by atoms with Crippen LogP contribution in [0.2, 0.25) is 0 Å². The van der Waals surface area contributed by atoms with Gasteiger partial charge in [0.2, 0.25) is 11.8 Å². The first-order valence-electron chi connectivity index (χ1n) is 11.5. The first-order chi connectivity index (χ1) is 17.3. The van der Waals surface area contributed by atoms with Crippen LogP contribution in [0.4, 0.5) is 11.4 Å². The molecule has 10 nitrogen and oxygen atoms in total. The van der Waals surface area contributed by atoms with Gasteiger partial charge in [0.1, 0.15) is 6.04 Å². The van der Waals surface area contributed by atoms with Crippen LogP contribution in [-0.4, -0.2) is 46.2 Å². The molecular weight excluding hydrogens is 466 g/mol. The molecule has 10 heteroatoms. The number of amides is 3. The number of carbonyl (C=O) groups excluding carboxylic acids is 4. The van der Waals surface area contributed by atoms with Crippen molar-refractivity contribution in [1.29, 1.82) is 0 Å². The Kier molecular flexibility index (Phi) is 7.23. The van der Waals surface area contributed by atoms with Gasteiger partial charge in [-0.1, -0.05) is 48.6 Å². The number of imide groups is 1. The molecule has 186 valence electrons. The standard InChI is InChI=1S/C26H25N3O7/c1-16-11-12-18(14-21(16)29(34)35)27-23(30)15-36-26(33)22(13-17-7-3-2-4-8-17)28-24(31)19-9-5-6-10-20(19)25(28)32/h2-8,11-12,14,19-20,22H,9-10,13,15H2,1H3,(H,27,30)/t19-,20-,22-/m0/s1. The van der Waals surface area contributed by atoms with Gasteiger partial charge in [-0.3, -0.25) is 29.4 Å². The van der Waals surface area contributed by atoms with Crippen LogP contribution in [0.1, 0.15) is 24.0 Å². The van der Waals surface area contributed by atoms with Crippen LogP contribution in [0.3, 0.4) is 0 Å². The summed E-state index contributed by atoms with van der Waals surface area (Å²) in [5, 5.41) is 13.6. The number of nitrogens with one attached hydrogen (secondary N) is 1. The van der Waals surface area contributed by atoms with Crippen LogP contribution in [0.15, 0.2) is 60.7 Å². The number of nitro benzene ring substituents is 1. The van der Waals surface area contributed by atoms with E-state index in [-0.39, 0.29) is 17.8 Å². The van der Waals surface area contributed by atoms with Crippen LogP contribution < -0.4 is 5.32 Å². The van der Waals surface area contributed by atoms with E-state index >= 15 is 0 Å². The molecule has 1 aliphatic carbocycles. The molecule has 0 aromatic heterocycles. The zero-order valence-corrected chi connectivity index (χ0v) is 19.6. The zero-order chi connectivity index (χ0) is 25.8. The molecule has 2 aliphatic rings. The van der Waals surface area contributed by atoms with E-state index in [4.69, 9.17) is 4.74 Å². The molecule has 4 rings (SSSR count). The highest BCUT2D eigenvalue weighted by Crippen LogP contribution is 2.36. The number of anilines is 1. The second kappa shape index (κ2) is 10.5. The van der Waals surface area contributed by atoms with Gasteiger partial charge in [0, 0.05) is 23.7 Å². The molecule has 1 N–H and O–H groups in total. The lowest BCUT2D eigenvalue weighted by Gasteiger charge is -2.25. The van der Waals surface area contributed by atoms with Crippen molar-refractivity contribution in [1.82, 2.24) is 4.90 Å². The van der Waals surface area contributed by atoms with Gasteiger partial charge in [-0.15, -0.1) is 0 Å². The molecule has 0 unspecified atom stereocenters. The molecular formula is C26H25N3O7. The predicted octanol–water partition coefficient (Wildman–Crippen LogP) is 2.95. The Hall–Kier alpha value is -4.34. The number of hydrogen-bond donors (Lipinski definition) is 1. The largest absolute Gasteiger partial charge is 0.454 e. The van der Waals surface area contributed by atoms with Crippen LogP contribution in [-0.2, 0) is 30.3 Å². The Balaban J connectivity index is 1.47. The van der Waals surface area contributed by atoms with E-state index in [0.29, 0.717) is 18.4 Å². The fourth-order valence-corrected chi connectivity index (χ4v) is 4.56. The van der Waals surface area contributed by atoms with Crippen molar-refractivity contribution < 1.29 is 28.8 Å².